The predicted molar refractivity (Wildman–Crippen MR) is 96.9 cm³/mol. The fourth-order valence-corrected chi connectivity index (χ4v) is 2.42. The monoisotopic (exact) mass is 356 g/mol. The lowest BCUT2D eigenvalue weighted by molar-refractivity contribution is -0.129. The summed E-state index contributed by atoms with van der Waals surface area (Å²) in [5.41, 5.74) is 0.255. The van der Waals surface area contributed by atoms with Crippen LogP contribution in [0.2, 0.25) is 0 Å². The van der Waals surface area contributed by atoms with E-state index >= 15 is 0 Å². The summed E-state index contributed by atoms with van der Waals surface area (Å²) in [6.45, 7) is 7.83. The highest BCUT2D eigenvalue weighted by molar-refractivity contribution is 7.92. The second-order valence-corrected chi connectivity index (χ2v) is 8.48. The van der Waals surface area contributed by atoms with Crippen molar-refractivity contribution >= 4 is 21.6 Å². The molecule has 0 aromatic heterocycles. The first-order valence-electron chi connectivity index (χ1n) is 8.02. The number of hydrogen-bond acceptors (Lipinski definition) is 4. The van der Waals surface area contributed by atoms with Gasteiger partial charge in [0.25, 0.3) is 5.91 Å². The second kappa shape index (κ2) is 7.88. The average Bonchev–Trinajstić information content (AvgIpc) is 2.51. The minimum absolute atomic E-state index is 0.151. The van der Waals surface area contributed by atoms with Crippen LogP contribution in [0.4, 0.5) is 5.69 Å². The summed E-state index contributed by atoms with van der Waals surface area (Å²) in [4.78, 5) is 12.3. The van der Waals surface area contributed by atoms with Crippen LogP contribution >= 0.6 is 0 Å². The largest absolute Gasteiger partial charge is 0.481 e. The van der Waals surface area contributed by atoms with Gasteiger partial charge in [0.15, 0.2) is 6.10 Å². The van der Waals surface area contributed by atoms with E-state index < -0.39 is 16.1 Å². The first-order chi connectivity index (χ1) is 11.0. The van der Waals surface area contributed by atoms with Crippen LogP contribution in [0.15, 0.2) is 24.3 Å². The number of rotatable bonds is 8. The van der Waals surface area contributed by atoms with Crippen LogP contribution < -0.4 is 14.4 Å². The third-order valence-corrected chi connectivity index (χ3v) is 5.19. The molecule has 1 N–H and O–H groups in total. The van der Waals surface area contributed by atoms with Gasteiger partial charge in [-0.05, 0) is 51.0 Å². The Balaban J connectivity index is 2.82. The summed E-state index contributed by atoms with van der Waals surface area (Å²) in [7, 11) is -1.82. The molecule has 24 heavy (non-hydrogen) atoms. The van der Waals surface area contributed by atoms with Crippen molar-refractivity contribution in [1.82, 2.24) is 5.32 Å². The number of benzene rings is 1. The van der Waals surface area contributed by atoms with Gasteiger partial charge in [0.05, 0.1) is 11.9 Å². The van der Waals surface area contributed by atoms with Gasteiger partial charge in [-0.2, -0.15) is 0 Å². The Morgan fingerprint density at radius 2 is 1.79 bits per heavy atom. The van der Waals surface area contributed by atoms with Crippen molar-refractivity contribution in [2.24, 2.45) is 0 Å². The van der Waals surface area contributed by atoms with Crippen molar-refractivity contribution in [3.8, 4) is 5.75 Å². The summed E-state index contributed by atoms with van der Waals surface area (Å²) in [6, 6.07) is 6.63. The van der Waals surface area contributed by atoms with Crippen molar-refractivity contribution in [2.45, 2.75) is 52.2 Å². The number of nitrogens with one attached hydrogen (secondary N) is 1. The SMILES string of the molecule is CC[C@@H](Oc1ccc(N(C)S(C)(=O)=O)cc1)C(=O)NC(C)(C)CC. The molecule has 0 heterocycles. The lowest BCUT2D eigenvalue weighted by Gasteiger charge is -2.27. The first kappa shape index (κ1) is 20.3. The zero-order chi connectivity index (χ0) is 18.5. The molecule has 1 aromatic rings. The molecule has 0 unspecified atom stereocenters. The molecule has 0 bridgehead atoms. The van der Waals surface area contributed by atoms with Crippen molar-refractivity contribution in [1.29, 1.82) is 0 Å². The zero-order valence-corrected chi connectivity index (χ0v) is 16.1. The molecular formula is C17H28N2O4S. The number of carbonyl (C=O) groups is 1. The van der Waals surface area contributed by atoms with E-state index in [1.807, 2.05) is 27.7 Å². The van der Waals surface area contributed by atoms with Crippen molar-refractivity contribution in [3.05, 3.63) is 24.3 Å². The minimum Gasteiger partial charge on any atom is -0.481 e. The number of anilines is 1. The maximum atomic E-state index is 12.3. The van der Waals surface area contributed by atoms with Crippen LogP contribution in [0.3, 0.4) is 0 Å². The van der Waals surface area contributed by atoms with Gasteiger partial charge in [-0.3, -0.25) is 9.10 Å². The maximum Gasteiger partial charge on any atom is 0.261 e. The number of carbonyl (C=O) groups excluding carboxylic acids is 1. The van der Waals surface area contributed by atoms with Crippen molar-refractivity contribution in [2.75, 3.05) is 17.6 Å². The molecular weight excluding hydrogens is 328 g/mol. The fourth-order valence-electron chi connectivity index (χ4n) is 1.92. The first-order valence-corrected chi connectivity index (χ1v) is 9.87. The van der Waals surface area contributed by atoms with E-state index in [-0.39, 0.29) is 11.4 Å². The van der Waals surface area contributed by atoms with E-state index in [0.717, 1.165) is 12.7 Å². The smallest absolute Gasteiger partial charge is 0.261 e. The molecule has 0 aliphatic heterocycles. The van der Waals surface area contributed by atoms with Crippen molar-refractivity contribution in [3.63, 3.8) is 0 Å². The van der Waals surface area contributed by atoms with E-state index in [9.17, 15) is 13.2 Å². The lowest BCUT2D eigenvalue weighted by Crippen LogP contribution is -2.48. The van der Waals surface area contributed by atoms with Crippen LogP contribution in [-0.2, 0) is 14.8 Å². The van der Waals surface area contributed by atoms with Crippen LogP contribution in [0, 0.1) is 0 Å². The number of nitrogens with zero attached hydrogens (tertiary/aromatic N) is 1. The highest BCUT2D eigenvalue weighted by atomic mass is 32.2. The van der Waals surface area contributed by atoms with Crippen LogP contribution in [0.1, 0.15) is 40.5 Å². The average molecular weight is 356 g/mol. The fraction of sp³-hybridized carbons (Fsp3) is 0.588. The number of ether oxygens (including phenoxy) is 1. The predicted octanol–water partition coefficient (Wildman–Crippen LogP) is 2.54. The Bertz CT molecular complexity index is 654. The maximum absolute atomic E-state index is 12.3. The number of hydrogen-bond donors (Lipinski definition) is 1. The molecule has 0 fully saturated rings. The van der Waals surface area contributed by atoms with Crippen LogP contribution in [-0.4, -0.2) is 39.3 Å². The topological polar surface area (TPSA) is 75.7 Å². The molecule has 0 aliphatic carbocycles. The molecule has 1 aromatic carbocycles. The Morgan fingerprint density at radius 3 is 2.21 bits per heavy atom. The quantitative estimate of drug-likeness (QED) is 0.777. The highest BCUT2D eigenvalue weighted by Gasteiger charge is 2.25. The van der Waals surface area contributed by atoms with Gasteiger partial charge in [-0.25, -0.2) is 8.42 Å². The van der Waals surface area contributed by atoms with Gasteiger partial charge in [-0.15, -0.1) is 0 Å². The molecule has 0 spiro atoms. The second-order valence-electron chi connectivity index (χ2n) is 6.47. The highest BCUT2D eigenvalue weighted by Crippen LogP contribution is 2.21. The Labute approximate surface area is 145 Å². The number of sulfonamides is 1. The molecule has 1 atom stereocenters. The van der Waals surface area contributed by atoms with Gasteiger partial charge >= 0.3 is 0 Å². The Kier molecular flexibility index (Phi) is 6.66. The summed E-state index contributed by atoms with van der Waals surface area (Å²) >= 11 is 0. The molecule has 0 aliphatic rings. The minimum atomic E-state index is -3.30. The molecule has 0 saturated carbocycles. The molecule has 0 saturated heterocycles. The Hall–Kier alpha value is -1.76. The van der Waals surface area contributed by atoms with E-state index in [0.29, 0.717) is 17.9 Å². The molecule has 7 heteroatoms. The third kappa shape index (κ3) is 5.70. The van der Waals surface area contributed by atoms with Crippen molar-refractivity contribution < 1.29 is 17.9 Å². The summed E-state index contributed by atoms with van der Waals surface area (Å²) < 4.78 is 30.0. The summed E-state index contributed by atoms with van der Waals surface area (Å²) in [6.07, 6.45) is 1.91. The van der Waals surface area contributed by atoms with E-state index in [1.54, 1.807) is 24.3 Å². The van der Waals surface area contributed by atoms with E-state index in [4.69, 9.17) is 4.74 Å². The molecule has 6 nitrogen and oxygen atoms in total. The van der Waals surface area contributed by atoms with Crippen LogP contribution in [0.5, 0.6) is 5.75 Å². The number of amides is 1. The molecule has 1 rings (SSSR count). The molecule has 0 radical (unpaired) electrons. The summed E-state index contributed by atoms with van der Waals surface area (Å²) in [5.74, 6) is 0.374. The van der Waals surface area contributed by atoms with Gasteiger partial charge < -0.3 is 10.1 Å². The van der Waals surface area contributed by atoms with Crippen LogP contribution in [0.25, 0.3) is 0 Å². The van der Waals surface area contributed by atoms with Gasteiger partial charge in [0.1, 0.15) is 5.75 Å². The van der Waals surface area contributed by atoms with E-state index in [2.05, 4.69) is 5.32 Å². The Morgan fingerprint density at radius 1 is 1.25 bits per heavy atom. The van der Waals surface area contributed by atoms with Gasteiger partial charge in [0, 0.05) is 12.6 Å². The summed E-state index contributed by atoms with van der Waals surface area (Å²) in [5, 5.41) is 2.98. The third-order valence-electron chi connectivity index (χ3n) is 3.98. The standard InChI is InChI=1S/C17H28N2O4S/c1-7-15(16(20)18-17(3,4)8-2)23-14-11-9-13(10-12-14)19(5)24(6,21)22/h9-12,15H,7-8H2,1-6H3,(H,18,20)/t15-/m1/s1. The lowest BCUT2D eigenvalue weighted by atomic mass is 10.0. The van der Waals surface area contributed by atoms with Gasteiger partial charge in [0.2, 0.25) is 10.0 Å². The normalized spacial score (nSPS) is 13.2. The van der Waals surface area contributed by atoms with Gasteiger partial charge in [-0.1, -0.05) is 13.8 Å². The molecule has 136 valence electrons. The zero-order valence-electron chi connectivity index (χ0n) is 15.3. The molecule has 1 amide bonds. The van der Waals surface area contributed by atoms with E-state index in [1.165, 1.54) is 11.4 Å².